The Balaban J connectivity index is 1.27. The summed E-state index contributed by atoms with van der Waals surface area (Å²) in [7, 11) is 0. The zero-order valence-corrected chi connectivity index (χ0v) is 16.7. The lowest BCUT2D eigenvalue weighted by Crippen LogP contribution is -2.47. The monoisotopic (exact) mass is 395 g/mol. The smallest absolute Gasteiger partial charge is 0.237 e. The SMILES string of the molecule is O=C(NCC1CCCN(C(=O)Cc2cnn(-c3ccccc3)c2)C1)C1CCCN1. The number of aromatic nitrogens is 2. The third kappa shape index (κ3) is 5.03. The van der Waals surface area contributed by atoms with Crippen LogP contribution in [0.25, 0.3) is 5.69 Å². The summed E-state index contributed by atoms with van der Waals surface area (Å²) in [5, 5.41) is 10.7. The van der Waals surface area contributed by atoms with Crippen molar-refractivity contribution >= 4 is 11.8 Å². The molecule has 29 heavy (non-hydrogen) atoms. The van der Waals surface area contributed by atoms with Gasteiger partial charge < -0.3 is 15.5 Å². The molecule has 2 fully saturated rings. The second-order valence-electron chi connectivity index (χ2n) is 8.05. The Labute approximate surface area is 171 Å². The quantitative estimate of drug-likeness (QED) is 0.777. The fraction of sp³-hybridized carbons (Fsp3) is 0.500. The van der Waals surface area contributed by atoms with Crippen LogP contribution >= 0.6 is 0 Å². The van der Waals surface area contributed by atoms with Gasteiger partial charge in [0.2, 0.25) is 11.8 Å². The Morgan fingerprint density at radius 3 is 2.83 bits per heavy atom. The zero-order chi connectivity index (χ0) is 20.1. The number of para-hydroxylation sites is 1. The van der Waals surface area contributed by atoms with E-state index in [4.69, 9.17) is 0 Å². The molecule has 7 nitrogen and oxygen atoms in total. The van der Waals surface area contributed by atoms with E-state index < -0.39 is 0 Å². The number of carbonyl (C=O) groups is 2. The minimum Gasteiger partial charge on any atom is -0.354 e. The lowest BCUT2D eigenvalue weighted by molar-refractivity contribution is -0.132. The number of amides is 2. The highest BCUT2D eigenvalue weighted by Crippen LogP contribution is 2.18. The average molecular weight is 396 g/mol. The van der Waals surface area contributed by atoms with Crippen molar-refractivity contribution in [3.8, 4) is 5.69 Å². The van der Waals surface area contributed by atoms with Crippen molar-refractivity contribution in [1.82, 2.24) is 25.3 Å². The van der Waals surface area contributed by atoms with E-state index in [9.17, 15) is 9.59 Å². The molecule has 2 amide bonds. The van der Waals surface area contributed by atoms with Gasteiger partial charge in [0.25, 0.3) is 0 Å². The van der Waals surface area contributed by atoms with Crippen LogP contribution in [0.1, 0.15) is 31.2 Å². The number of rotatable bonds is 6. The molecule has 4 rings (SSSR count). The number of hydrogen-bond donors (Lipinski definition) is 2. The maximum atomic E-state index is 12.8. The summed E-state index contributed by atoms with van der Waals surface area (Å²) in [5.41, 5.74) is 1.90. The number of nitrogens with zero attached hydrogens (tertiary/aromatic N) is 3. The van der Waals surface area contributed by atoms with Crippen molar-refractivity contribution in [3.63, 3.8) is 0 Å². The van der Waals surface area contributed by atoms with E-state index in [2.05, 4.69) is 15.7 Å². The van der Waals surface area contributed by atoms with Crippen LogP contribution in [0.5, 0.6) is 0 Å². The Hall–Kier alpha value is -2.67. The molecule has 0 aliphatic carbocycles. The molecular weight excluding hydrogens is 366 g/mol. The van der Waals surface area contributed by atoms with Crippen LogP contribution in [0.2, 0.25) is 0 Å². The van der Waals surface area contributed by atoms with Gasteiger partial charge in [0.15, 0.2) is 0 Å². The molecule has 2 atom stereocenters. The molecule has 0 saturated carbocycles. The minimum atomic E-state index is -0.0440. The molecule has 2 saturated heterocycles. The van der Waals surface area contributed by atoms with Crippen LogP contribution in [0.4, 0.5) is 0 Å². The van der Waals surface area contributed by atoms with Gasteiger partial charge >= 0.3 is 0 Å². The molecule has 2 aliphatic rings. The Kier molecular flexibility index (Phi) is 6.24. The molecule has 2 aliphatic heterocycles. The van der Waals surface area contributed by atoms with E-state index in [1.54, 1.807) is 10.9 Å². The Morgan fingerprint density at radius 2 is 2.03 bits per heavy atom. The topological polar surface area (TPSA) is 79.3 Å². The number of benzene rings is 1. The lowest BCUT2D eigenvalue weighted by Gasteiger charge is -2.33. The highest BCUT2D eigenvalue weighted by Gasteiger charge is 2.26. The Bertz CT molecular complexity index is 829. The standard InChI is InChI=1S/C22H29N5O2/c28-21(12-18-14-25-27(16-18)19-7-2-1-3-8-19)26-11-5-6-17(15-26)13-24-22(29)20-9-4-10-23-20/h1-3,7-8,14,16-17,20,23H,4-6,9-13,15H2,(H,24,29). The molecule has 0 radical (unpaired) electrons. The van der Waals surface area contributed by atoms with Crippen LogP contribution in [0, 0.1) is 5.92 Å². The predicted molar refractivity (Wildman–Crippen MR) is 111 cm³/mol. The molecular formula is C22H29N5O2. The molecule has 2 aromatic rings. The van der Waals surface area contributed by atoms with E-state index in [1.807, 2.05) is 41.4 Å². The maximum absolute atomic E-state index is 12.8. The fourth-order valence-corrected chi connectivity index (χ4v) is 4.19. The summed E-state index contributed by atoms with van der Waals surface area (Å²) >= 11 is 0. The molecule has 0 spiro atoms. The third-order valence-electron chi connectivity index (χ3n) is 5.83. The highest BCUT2D eigenvalue weighted by atomic mass is 16.2. The van der Waals surface area contributed by atoms with Gasteiger partial charge in [0, 0.05) is 25.8 Å². The number of hydrogen-bond acceptors (Lipinski definition) is 4. The van der Waals surface area contributed by atoms with Gasteiger partial charge in [-0.3, -0.25) is 9.59 Å². The second kappa shape index (κ2) is 9.22. The fourth-order valence-electron chi connectivity index (χ4n) is 4.19. The summed E-state index contributed by atoms with van der Waals surface area (Å²) < 4.78 is 1.80. The van der Waals surface area contributed by atoms with Gasteiger partial charge in [-0.15, -0.1) is 0 Å². The summed E-state index contributed by atoms with van der Waals surface area (Å²) in [6, 6.07) is 9.84. The first-order valence-electron chi connectivity index (χ1n) is 10.6. The highest BCUT2D eigenvalue weighted by molar-refractivity contribution is 5.82. The van der Waals surface area contributed by atoms with Crippen LogP contribution in [-0.2, 0) is 16.0 Å². The molecule has 0 bridgehead atoms. The van der Waals surface area contributed by atoms with Crippen LogP contribution < -0.4 is 10.6 Å². The van der Waals surface area contributed by atoms with Gasteiger partial charge in [-0.05, 0) is 55.8 Å². The first kappa shape index (κ1) is 19.6. The maximum Gasteiger partial charge on any atom is 0.237 e. The number of piperidine rings is 1. The van der Waals surface area contributed by atoms with Gasteiger partial charge in [-0.1, -0.05) is 18.2 Å². The molecule has 154 valence electrons. The van der Waals surface area contributed by atoms with Gasteiger partial charge in [0.05, 0.1) is 24.3 Å². The largest absolute Gasteiger partial charge is 0.354 e. The van der Waals surface area contributed by atoms with Gasteiger partial charge in [-0.2, -0.15) is 5.10 Å². The second-order valence-corrected chi connectivity index (χ2v) is 8.05. The van der Waals surface area contributed by atoms with Gasteiger partial charge in [-0.25, -0.2) is 4.68 Å². The van der Waals surface area contributed by atoms with Crippen molar-refractivity contribution in [2.45, 2.75) is 38.1 Å². The first-order chi connectivity index (χ1) is 14.2. The average Bonchev–Trinajstić information content (AvgIpc) is 3.45. The van der Waals surface area contributed by atoms with Gasteiger partial charge in [0.1, 0.15) is 0 Å². The van der Waals surface area contributed by atoms with Crippen LogP contribution in [-0.4, -0.2) is 58.7 Å². The summed E-state index contributed by atoms with van der Waals surface area (Å²) in [5.74, 6) is 0.551. The van der Waals surface area contributed by atoms with E-state index in [0.29, 0.717) is 25.4 Å². The van der Waals surface area contributed by atoms with E-state index in [1.165, 1.54) is 0 Å². The van der Waals surface area contributed by atoms with E-state index >= 15 is 0 Å². The summed E-state index contributed by atoms with van der Waals surface area (Å²) in [6.45, 7) is 3.07. The number of carbonyl (C=O) groups excluding carboxylic acids is 2. The molecule has 3 heterocycles. The summed E-state index contributed by atoms with van der Waals surface area (Å²) in [6.07, 6.45) is 8.05. The van der Waals surface area contributed by atoms with E-state index in [0.717, 1.165) is 50.0 Å². The first-order valence-corrected chi connectivity index (χ1v) is 10.6. The van der Waals surface area contributed by atoms with Crippen molar-refractivity contribution in [3.05, 3.63) is 48.3 Å². The number of nitrogens with one attached hydrogen (secondary N) is 2. The Morgan fingerprint density at radius 1 is 1.17 bits per heavy atom. The van der Waals surface area contributed by atoms with Crippen LogP contribution in [0.15, 0.2) is 42.7 Å². The molecule has 1 aromatic carbocycles. The molecule has 7 heteroatoms. The molecule has 2 unspecified atom stereocenters. The number of likely N-dealkylation sites (tertiary alicyclic amines) is 1. The van der Waals surface area contributed by atoms with Crippen LogP contribution in [0.3, 0.4) is 0 Å². The van der Waals surface area contributed by atoms with Crippen molar-refractivity contribution in [1.29, 1.82) is 0 Å². The summed E-state index contributed by atoms with van der Waals surface area (Å²) in [4.78, 5) is 26.9. The zero-order valence-electron chi connectivity index (χ0n) is 16.7. The van der Waals surface area contributed by atoms with Crippen molar-refractivity contribution < 1.29 is 9.59 Å². The molecule has 1 aromatic heterocycles. The lowest BCUT2D eigenvalue weighted by atomic mass is 9.97. The molecule has 2 N–H and O–H groups in total. The minimum absolute atomic E-state index is 0.0440. The normalized spacial score (nSPS) is 21.9. The van der Waals surface area contributed by atoms with Crippen molar-refractivity contribution in [2.75, 3.05) is 26.2 Å². The van der Waals surface area contributed by atoms with E-state index in [-0.39, 0.29) is 17.9 Å². The predicted octanol–water partition coefficient (Wildman–Crippen LogP) is 1.52. The van der Waals surface area contributed by atoms with Crippen molar-refractivity contribution in [2.24, 2.45) is 5.92 Å². The third-order valence-corrected chi connectivity index (χ3v) is 5.83.